The first-order valence-electron chi connectivity index (χ1n) is 9.34. The van der Waals surface area contributed by atoms with Gasteiger partial charge in [0.25, 0.3) is 5.91 Å². The molecule has 0 radical (unpaired) electrons. The predicted octanol–water partition coefficient (Wildman–Crippen LogP) is 6.13. The Morgan fingerprint density at radius 1 is 0.897 bits per heavy atom. The molecule has 3 rings (SSSR count). The quantitative estimate of drug-likeness (QED) is 0.376. The number of halogens is 1. The monoisotopic (exact) mass is 503 g/mol. The number of nitrogens with one attached hydrogen (secondary N) is 1. The molecule has 1 amide bonds. The molecule has 1 N–H and O–H groups in total. The Bertz CT molecular complexity index is 959. The molecule has 0 aromatic heterocycles. The molecule has 6 heteroatoms. The molecule has 0 aliphatic heterocycles. The van der Waals surface area contributed by atoms with Crippen molar-refractivity contribution in [3.63, 3.8) is 0 Å². The van der Waals surface area contributed by atoms with E-state index in [2.05, 4.69) is 27.9 Å². The molecule has 0 atom stereocenters. The maximum Gasteiger partial charge on any atom is 0.255 e. The van der Waals surface area contributed by atoms with Gasteiger partial charge < -0.3 is 19.5 Å². The zero-order valence-electron chi connectivity index (χ0n) is 16.3. The summed E-state index contributed by atoms with van der Waals surface area (Å²) in [5.41, 5.74) is 1.18. The Labute approximate surface area is 184 Å². The van der Waals surface area contributed by atoms with Crippen molar-refractivity contribution in [2.24, 2.45) is 0 Å². The van der Waals surface area contributed by atoms with Crippen molar-refractivity contribution < 1.29 is 19.0 Å². The van der Waals surface area contributed by atoms with Crippen LogP contribution in [0.2, 0.25) is 0 Å². The first-order valence-corrected chi connectivity index (χ1v) is 10.4. The molecule has 0 aliphatic rings. The van der Waals surface area contributed by atoms with Gasteiger partial charge in [-0.25, -0.2) is 0 Å². The van der Waals surface area contributed by atoms with E-state index in [0.29, 0.717) is 41.7 Å². The Kier molecular flexibility index (Phi) is 7.35. The van der Waals surface area contributed by atoms with Crippen LogP contribution >= 0.6 is 22.6 Å². The van der Waals surface area contributed by atoms with Gasteiger partial charge in [-0.15, -0.1) is 0 Å². The molecule has 3 aromatic rings. The van der Waals surface area contributed by atoms with Gasteiger partial charge in [-0.2, -0.15) is 0 Å². The fraction of sp³-hybridized carbons (Fsp3) is 0.174. The van der Waals surface area contributed by atoms with Crippen LogP contribution < -0.4 is 19.5 Å². The van der Waals surface area contributed by atoms with E-state index in [1.54, 1.807) is 24.3 Å². The van der Waals surface area contributed by atoms with Gasteiger partial charge in [0.1, 0.15) is 11.5 Å². The van der Waals surface area contributed by atoms with Gasteiger partial charge in [-0.1, -0.05) is 18.2 Å². The first kappa shape index (κ1) is 21.0. The lowest BCUT2D eigenvalue weighted by Gasteiger charge is -2.14. The summed E-state index contributed by atoms with van der Waals surface area (Å²) in [5.74, 6) is 2.47. The molecule has 0 saturated heterocycles. The summed E-state index contributed by atoms with van der Waals surface area (Å²) < 4.78 is 17.9. The Morgan fingerprint density at radius 2 is 1.55 bits per heavy atom. The van der Waals surface area contributed by atoms with E-state index in [1.165, 1.54) is 0 Å². The van der Waals surface area contributed by atoms with E-state index < -0.39 is 0 Å². The second kappa shape index (κ2) is 10.2. The number of hydrogen-bond acceptors (Lipinski definition) is 4. The maximum absolute atomic E-state index is 12.7. The second-order valence-corrected chi connectivity index (χ2v) is 7.21. The zero-order valence-corrected chi connectivity index (χ0v) is 18.4. The molecule has 0 bridgehead atoms. The van der Waals surface area contributed by atoms with Crippen molar-refractivity contribution in [2.75, 3.05) is 18.5 Å². The highest BCUT2D eigenvalue weighted by Crippen LogP contribution is 2.34. The summed E-state index contributed by atoms with van der Waals surface area (Å²) in [4.78, 5) is 12.7. The van der Waals surface area contributed by atoms with Crippen LogP contribution in [-0.4, -0.2) is 19.1 Å². The van der Waals surface area contributed by atoms with Crippen LogP contribution in [0.4, 0.5) is 5.69 Å². The Hall–Kier alpha value is -2.74. The molecule has 0 aliphatic carbocycles. The van der Waals surface area contributed by atoms with Crippen LogP contribution in [0.15, 0.2) is 66.7 Å². The van der Waals surface area contributed by atoms with Gasteiger partial charge in [0, 0.05) is 11.3 Å². The fourth-order valence-corrected chi connectivity index (χ4v) is 3.44. The zero-order chi connectivity index (χ0) is 20.6. The predicted molar refractivity (Wildman–Crippen MR) is 122 cm³/mol. The lowest BCUT2D eigenvalue weighted by molar-refractivity contribution is 0.102. The van der Waals surface area contributed by atoms with Crippen molar-refractivity contribution >= 4 is 34.2 Å². The Morgan fingerprint density at radius 3 is 2.21 bits per heavy atom. The standard InChI is InChI=1S/C23H22INO4/c1-3-27-21-15-16(14-20(24)22(21)28-4-2)23(26)25-17-10-12-19(13-11-17)29-18-8-6-5-7-9-18/h5-15H,3-4H2,1-2H3,(H,25,26). The van der Waals surface area contributed by atoms with Crippen molar-refractivity contribution in [3.8, 4) is 23.0 Å². The van der Waals surface area contributed by atoms with Crippen LogP contribution in [0.5, 0.6) is 23.0 Å². The third-order valence-corrected chi connectivity index (χ3v) is 4.75. The van der Waals surface area contributed by atoms with Gasteiger partial charge in [0.15, 0.2) is 11.5 Å². The Balaban J connectivity index is 1.72. The number of anilines is 1. The normalized spacial score (nSPS) is 10.3. The molecule has 0 heterocycles. The molecular weight excluding hydrogens is 481 g/mol. The minimum absolute atomic E-state index is 0.219. The number of ether oxygens (including phenoxy) is 3. The molecular formula is C23H22INO4. The molecule has 0 spiro atoms. The lowest BCUT2D eigenvalue weighted by atomic mass is 10.1. The van der Waals surface area contributed by atoms with Crippen LogP contribution in [0.25, 0.3) is 0 Å². The maximum atomic E-state index is 12.7. The summed E-state index contributed by atoms with van der Waals surface area (Å²) in [6, 6.07) is 20.3. The highest BCUT2D eigenvalue weighted by Gasteiger charge is 2.16. The van der Waals surface area contributed by atoms with E-state index in [1.807, 2.05) is 56.3 Å². The van der Waals surface area contributed by atoms with Gasteiger partial charge in [-0.3, -0.25) is 4.79 Å². The van der Waals surface area contributed by atoms with Crippen LogP contribution in [0, 0.1) is 3.57 Å². The third kappa shape index (κ3) is 5.63. The second-order valence-electron chi connectivity index (χ2n) is 6.04. The van der Waals surface area contributed by atoms with Crippen molar-refractivity contribution in [1.82, 2.24) is 0 Å². The summed E-state index contributed by atoms with van der Waals surface area (Å²) in [5, 5.41) is 2.90. The lowest BCUT2D eigenvalue weighted by Crippen LogP contribution is -2.13. The first-order chi connectivity index (χ1) is 14.1. The molecule has 5 nitrogen and oxygen atoms in total. The third-order valence-electron chi connectivity index (χ3n) is 3.95. The average molecular weight is 503 g/mol. The summed E-state index contributed by atoms with van der Waals surface area (Å²) in [6.07, 6.45) is 0. The SMILES string of the molecule is CCOc1cc(C(=O)Nc2ccc(Oc3ccccc3)cc2)cc(I)c1OCC. The van der Waals surface area contributed by atoms with E-state index in [4.69, 9.17) is 14.2 Å². The number of carbonyl (C=O) groups is 1. The molecule has 150 valence electrons. The minimum Gasteiger partial charge on any atom is -0.490 e. The van der Waals surface area contributed by atoms with Gasteiger partial charge in [-0.05, 0) is 85.0 Å². The van der Waals surface area contributed by atoms with E-state index >= 15 is 0 Å². The van der Waals surface area contributed by atoms with Crippen LogP contribution in [0.1, 0.15) is 24.2 Å². The highest BCUT2D eigenvalue weighted by atomic mass is 127. The van der Waals surface area contributed by atoms with Gasteiger partial charge >= 0.3 is 0 Å². The van der Waals surface area contributed by atoms with Gasteiger partial charge in [0.05, 0.1) is 16.8 Å². The van der Waals surface area contributed by atoms with E-state index in [0.717, 1.165) is 9.32 Å². The molecule has 29 heavy (non-hydrogen) atoms. The number of benzene rings is 3. The molecule has 0 fully saturated rings. The number of hydrogen-bond donors (Lipinski definition) is 1. The highest BCUT2D eigenvalue weighted by molar-refractivity contribution is 14.1. The largest absolute Gasteiger partial charge is 0.490 e. The van der Waals surface area contributed by atoms with E-state index in [-0.39, 0.29) is 5.91 Å². The van der Waals surface area contributed by atoms with Crippen LogP contribution in [-0.2, 0) is 0 Å². The molecule has 0 unspecified atom stereocenters. The van der Waals surface area contributed by atoms with Gasteiger partial charge in [0.2, 0.25) is 0 Å². The number of amides is 1. The molecule has 3 aromatic carbocycles. The number of rotatable bonds is 8. The summed E-state index contributed by atoms with van der Waals surface area (Å²) in [6.45, 7) is 4.83. The minimum atomic E-state index is -0.219. The fourth-order valence-electron chi connectivity index (χ4n) is 2.68. The average Bonchev–Trinajstić information content (AvgIpc) is 2.72. The van der Waals surface area contributed by atoms with Crippen molar-refractivity contribution in [3.05, 3.63) is 75.9 Å². The number of carbonyl (C=O) groups excluding carboxylic acids is 1. The smallest absolute Gasteiger partial charge is 0.255 e. The number of para-hydroxylation sites is 1. The van der Waals surface area contributed by atoms with E-state index in [9.17, 15) is 4.79 Å². The molecule has 0 saturated carbocycles. The van der Waals surface area contributed by atoms with Crippen LogP contribution in [0.3, 0.4) is 0 Å². The topological polar surface area (TPSA) is 56.8 Å². The summed E-state index contributed by atoms with van der Waals surface area (Å²) in [7, 11) is 0. The summed E-state index contributed by atoms with van der Waals surface area (Å²) >= 11 is 2.15. The van der Waals surface area contributed by atoms with Crippen molar-refractivity contribution in [2.45, 2.75) is 13.8 Å². The van der Waals surface area contributed by atoms with Crippen molar-refractivity contribution in [1.29, 1.82) is 0 Å².